The molecule has 2 rings (SSSR count). The number of hydrogen-bond acceptors (Lipinski definition) is 4. The van der Waals surface area contributed by atoms with Crippen LogP contribution in [0.25, 0.3) is 5.65 Å². The van der Waals surface area contributed by atoms with Crippen LogP contribution in [0.4, 0.5) is 5.95 Å². The van der Waals surface area contributed by atoms with Gasteiger partial charge in [0.2, 0.25) is 5.95 Å². The van der Waals surface area contributed by atoms with Crippen molar-refractivity contribution >= 4 is 11.6 Å². The zero-order valence-electron chi connectivity index (χ0n) is 6.97. The van der Waals surface area contributed by atoms with Gasteiger partial charge in [-0.15, -0.1) is 9.73 Å². The summed E-state index contributed by atoms with van der Waals surface area (Å²) >= 11 is 0. The minimum atomic E-state index is 0.675. The van der Waals surface area contributed by atoms with E-state index in [0.717, 1.165) is 5.65 Å². The van der Waals surface area contributed by atoms with Crippen molar-refractivity contribution in [1.82, 2.24) is 19.8 Å². The Morgan fingerprint density at radius 2 is 2.25 bits per heavy atom. The predicted molar refractivity (Wildman–Crippen MR) is 45.1 cm³/mol. The van der Waals surface area contributed by atoms with Crippen LogP contribution in [0.15, 0.2) is 18.3 Å². The summed E-state index contributed by atoms with van der Waals surface area (Å²) in [6, 6.07) is 3.70. The van der Waals surface area contributed by atoms with Gasteiger partial charge in [-0.3, -0.25) is 0 Å². The molecule has 0 aliphatic heterocycles. The lowest BCUT2D eigenvalue weighted by molar-refractivity contribution is 0.793. The van der Waals surface area contributed by atoms with E-state index < -0.39 is 0 Å². The summed E-state index contributed by atoms with van der Waals surface area (Å²) in [7, 11) is 3.80. The molecule has 5 nitrogen and oxygen atoms in total. The third-order valence-corrected chi connectivity index (χ3v) is 1.51. The number of hydrogen-bond donors (Lipinski definition) is 0. The molecule has 0 saturated carbocycles. The maximum atomic E-state index is 4.23. The third kappa shape index (κ3) is 0.990. The molecule has 0 aromatic carbocycles. The SMILES string of the molecule is CN(C)c1nc2cccnn2n1. The summed E-state index contributed by atoms with van der Waals surface area (Å²) in [5, 5.41) is 8.13. The van der Waals surface area contributed by atoms with Crippen molar-refractivity contribution in [3.8, 4) is 0 Å². The molecular weight excluding hydrogens is 154 g/mol. The Bertz CT molecular complexity index is 358. The van der Waals surface area contributed by atoms with Crippen molar-refractivity contribution in [3.05, 3.63) is 18.3 Å². The summed E-state index contributed by atoms with van der Waals surface area (Å²) in [6.07, 6.45) is 1.68. The fraction of sp³-hybridized carbons (Fsp3) is 0.286. The van der Waals surface area contributed by atoms with E-state index in [0.29, 0.717) is 5.95 Å². The number of fused-ring (bicyclic) bond motifs is 1. The Hall–Kier alpha value is -1.65. The molecule has 0 fully saturated rings. The highest BCUT2D eigenvalue weighted by Crippen LogP contribution is 2.04. The molecule has 0 aliphatic carbocycles. The van der Waals surface area contributed by atoms with Gasteiger partial charge < -0.3 is 4.90 Å². The van der Waals surface area contributed by atoms with Crippen molar-refractivity contribution in [1.29, 1.82) is 0 Å². The third-order valence-electron chi connectivity index (χ3n) is 1.51. The molecule has 12 heavy (non-hydrogen) atoms. The number of aromatic nitrogens is 4. The molecule has 0 amide bonds. The molecule has 2 aromatic rings. The molecule has 0 spiro atoms. The maximum absolute atomic E-state index is 4.23. The summed E-state index contributed by atoms with van der Waals surface area (Å²) in [6.45, 7) is 0. The first kappa shape index (κ1) is 7.02. The van der Waals surface area contributed by atoms with E-state index in [-0.39, 0.29) is 0 Å². The lowest BCUT2D eigenvalue weighted by Gasteiger charge is -2.02. The molecule has 0 unspecified atom stereocenters. The van der Waals surface area contributed by atoms with E-state index in [1.54, 1.807) is 6.20 Å². The highest BCUT2D eigenvalue weighted by molar-refractivity contribution is 5.41. The molecule has 0 aliphatic rings. The summed E-state index contributed by atoms with van der Waals surface area (Å²) in [4.78, 5) is 6.07. The van der Waals surface area contributed by atoms with E-state index in [2.05, 4.69) is 15.2 Å². The standard InChI is InChI=1S/C7H9N5/c1-11(2)7-9-6-4-3-5-8-12(6)10-7/h3-5H,1-2H3. The Kier molecular flexibility index (Phi) is 1.43. The molecule has 5 heteroatoms. The van der Waals surface area contributed by atoms with Crippen molar-refractivity contribution in [2.24, 2.45) is 0 Å². The quantitative estimate of drug-likeness (QED) is 0.602. The second-order valence-electron chi connectivity index (χ2n) is 2.68. The van der Waals surface area contributed by atoms with E-state index in [1.807, 2.05) is 31.1 Å². The van der Waals surface area contributed by atoms with Crippen LogP contribution in [0.5, 0.6) is 0 Å². The van der Waals surface area contributed by atoms with Gasteiger partial charge in [-0.1, -0.05) is 0 Å². The van der Waals surface area contributed by atoms with Gasteiger partial charge in [0.1, 0.15) is 0 Å². The molecule has 0 N–H and O–H groups in total. The molecular formula is C7H9N5. The van der Waals surface area contributed by atoms with Gasteiger partial charge in [0.15, 0.2) is 5.65 Å². The Morgan fingerprint density at radius 1 is 1.42 bits per heavy atom. The van der Waals surface area contributed by atoms with E-state index >= 15 is 0 Å². The molecule has 2 aromatic heterocycles. The van der Waals surface area contributed by atoms with Crippen LogP contribution in [-0.2, 0) is 0 Å². The van der Waals surface area contributed by atoms with E-state index in [4.69, 9.17) is 0 Å². The molecule has 0 radical (unpaired) electrons. The lowest BCUT2D eigenvalue weighted by Crippen LogP contribution is -2.10. The van der Waals surface area contributed by atoms with E-state index in [1.165, 1.54) is 4.63 Å². The number of rotatable bonds is 1. The zero-order valence-corrected chi connectivity index (χ0v) is 6.97. The molecule has 0 bridgehead atoms. The maximum Gasteiger partial charge on any atom is 0.246 e. The average Bonchev–Trinajstić information content (AvgIpc) is 2.46. The molecule has 2 heterocycles. The zero-order chi connectivity index (χ0) is 8.55. The van der Waals surface area contributed by atoms with Gasteiger partial charge in [0, 0.05) is 20.3 Å². The Labute approximate surface area is 69.6 Å². The fourth-order valence-corrected chi connectivity index (χ4v) is 0.915. The van der Waals surface area contributed by atoms with Crippen LogP contribution >= 0.6 is 0 Å². The van der Waals surface area contributed by atoms with Gasteiger partial charge in [-0.2, -0.15) is 10.1 Å². The Balaban J connectivity index is 2.62. The number of nitrogens with zero attached hydrogens (tertiary/aromatic N) is 5. The van der Waals surface area contributed by atoms with Gasteiger partial charge in [0.05, 0.1) is 0 Å². The highest BCUT2D eigenvalue weighted by atomic mass is 15.5. The molecule has 0 saturated heterocycles. The first-order valence-electron chi connectivity index (χ1n) is 3.63. The summed E-state index contributed by atoms with van der Waals surface area (Å²) in [5.74, 6) is 0.675. The average molecular weight is 163 g/mol. The van der Waals surface area contributed by atoms with Crippen molar-refractivity contribution in [2.75, 3.05) is 19.0 Å². The normalized spacial score (nSPS) is 10.5. The fourth-order valence-electron chi connectivity index (χ4n) is 0.915. The van der Waals surface area contributed by atoms with Gasteiger partial charge in [0.25, 0.3) is 0 Å². The van der Waals surface area contributed by atoms with Crippen LogP contribution in [0.1, 0.15) is 0 Å². The van der Waals surface area contributed by atoms with Crippen LogP contribution < -0.4 is 4.90 Å². The molecule has 0 atom stereocenters. The monoisotopic (exact) mass is 163 g/mol. The topological polar surface area (TPSA) is 46.3 Å². The lowest BCUT2D eigenvalue weighted by atomic mass is 10.6. The smallest absolute Gasteiger partial charge is 0.246 e. The van der Waals surface area contributed by atoms with Gasteiger partial charge in [-0.05, 0) is 12.1 Å². The van der Waals surface area contributed by atoms with Crippen LogP contribution in [-0.4, -0.2) is 33.9 Å². The first-order chi connectivity index (χ1) is 5.77. The highest BCUT2D eigenvalue weighted by Gasteiger charge is 2.03. The van der Waals surface area contributed by atoms with Gasteiger partial charge in [-0.25, -0.2) is 0 Å². The summed E-state index contributed by atoms with van der Waals surface area (Å²) < 4.78 is 1.51. The van der Waals surface area contributed by atoms with Crippen LogP contribution in [0, 0.1) is 0 Å². The molecule has 62 valence electrons. The van der Waals surface area contributed by atoms with Crippen molar-refractivity contribution in [2.45, 2.75) is 0 Å². The predicted octanol–water partition coefficient (Wildman–Crippen LogP) is 0.190. The minimum absolute atomic E-state index is 0.675. The van der Waals surface area contributed by atoms with Gasteiger partial charge >= 0.3 is 0 Å². The van der Waals surface area contributed by atoms with Crippen LogP contribution in [0.2, 0.25) is 0 Å². The van der Waals surface area contributed by atoms with Crippen molar-refractivity contribution in [3.63, 3.8) is 0 Å². The van der Waals surface area contributed by atoms with Crippen molar-refractivity contribution < 1.29 is 0 Å². The van der Waals surface area contributed by atoms with E-state index in [9.17, 15) is 0 Å². The van der Waals surface area contributed by atoms with Crippen LogP contribution in [0.3, 0.4) is 0 Å². The first-order valence-corrected chi connectivity index (χ1v) is 3.63. The minimum Gasteiger partial charge on any atom is -0.346 e. The number of anilines is 1. The second kappa shape index (κ2) is 2.44. The largest absolute Gasteiger partial charge is 0.346 e. The summed E-state index contributed by atoms with van der Waals surface area (Å²) in [5.41, 5.74) is 0.765. The second-order valence-corrected chi connectivity index (χ2v) is 2.68. The Morgan fingerprint density at radius 3 is 2.92 bits per heavy atom.